The molecule has 0 unspecified atom stereocenters. The van der Waals surface area contributed by atoms with Crippen molar-refractivity contribution < 1.29 is 8.42 Å². The van der Waals surface area contributed by atoms with E-state index in [9.17, 15) is 8.42 Å². The molecule has 0 saturated carbocycles. The minimum Gasteiger partial charge on any atom is -0.399 e. The predicted octanol–water partition coefficient (Wildman–Crippen LogP) is 1.19. The van der Waals surface area contributed by atoms with Gasteiger partial charge in [0.2, 0.25) is 0 Å². The Kier molecular flexibility index (Phi) is 2.19. The third kappa shape index (κ3) is 1.65. The smallest absolute Gasteiger partial charge is 0.199 e. The van der Waals surface area contributed by atoms with E-state index in [4.69, 9.17) is 5.73 Å². The zero-order valence-corrected chi connectivity index (χ0v) is 7.21. The zero-order chi connectivity index (χ0) is 9.19. The maximum absolute atomic E-state index is 11.2. The number of rotatable bonds is 2. The molecule has 0 bridgehead atoms. The Morgan fingerprint density at radius 1 is 1.42 bits per heavy atom. The maximum Gasteiger partial charge on any atom is 0.199 e. The number of nitrogens with two attached hydrogens (primary N) is 1. The number of benzene rings is 1. The standard InChI is InChI=1S/C8H9NO2S/c1-2-12(10,11)8-5-3-4-7(9)6-8/h2-6H,1,9H2. The summed E-state index contributed by atoms with van der Waals surface area (Å²) in [7, 11) is -3.34. The lowest BCUT2D eigenvalue weighted by Crippen LogP contribution is -1.96. The normalized spacial score (nSPS) is 11.0. The van der Waals surface area contributed by atoms with Crippen molar-refractivity contribution in [2.75, 3.05) is 5.73 Å². The van der Waals surface area contributed by atoms with Gasteiger partial charge in [-0.25, -0.2) is 8.42 Å². The summed E-state index contributed by atoms with van der Waals surface area (Å²) >= 11 is 0. The summed E-state index contributed by atoms with van der Waals surface area (Å²) in [6.45, 7) is 3.21. The van der Waals surface area contributed by atoms with E-state index in [-0.39, 0.29) is 4.90 Å². The molecule has 0 radical (unpaired) electrons. The number of sulfone groups is 1. The summed E-state index contributed by atoms with van der Waals surface area (Å²) in [4.78, 5) is 0.178. The van der Waals surface area contributed by atoms with E-state index < -0.39 is 9.84 Å². The molecule has 4 heteroatoms. The van der Waals surface area contributed by atoms with Crippen LogP contribution in [0, 0.1) is 0 Å². The van der Waals surface area contributed by atoms with E-state index >= 15 is 0 Å². The van der Waals surface area contributed by atoms with Gasteiger partial charge in [-0.3, -0.25) is 0 Å². The van der Waals surface area contributed by atoms with Gasteiger partial charge in [0, 0.05) is 11.1 Å². The highest BCUT2D eigenvalue weighted by Crippen LogP contribution is 2.14. The topological polar surface area (TPSA) is 60.2 Å². The lowest BCUT2D eigenvalue weighted by atomic mass is 10.3. The van der Waals surface area contributed by atoms with Crippen molar-refractivity contribution in [3.63, 3.8) is 0 Å². The Morgan fingerprint density at radius 3 is 2.58 bits per heavy atom. The molecule has 12 heavy (non-hydrogen) atoms. The SMILES string of the molecule is C=CS(=O)(=O)c1cccc(N)c1. The average Bonchev–Trinajstić information content (AvgIpc) is 2.05. The average molecular weight is 183 g/mol. The Bertz CT molecular complexity index is 395. The highest BCUT2D eigenvalue weighted by molar-refractivity contribution is 7.94. The minimum absolute atomic E-state index is 0.178. The molecule has 0 spiro atoms. The van der Waals surface area contributed by atoms with Crippen LogP contribution in [0.3, 0.4) is 0 Å². The lowest BCUT2D eigenvalue weighted by molar-refractivity contribution is 0.605. The summed E-state index contributed by atoms with van der Waals surface area (Å²) in [5.74, 6) is 0. The minimum atomic E-state index is -3.34. The van der Waals surface area contributed by atoms with Crippen LogP contribution in [0.4, 0.5) is 5.69 Å². The van der Waals surface area contributed by atoms with E-state index in [1.165, 1.54) is 12.1 Å². The summed E-state index contributed by atoms with van der Waals surface area (Å²) in [5, 5.41) is 0.905. The van der Waals surface area contributed by atoms with Crippen LogP contribution in [0.5, 0.6) is 0 Å². The fourth-order valence-corrected chi connectivity index (χ4v) is 1.55. The molecule has 64 valence electrons. The van der Waals surface area contributed by atoms with Gasteiger partial charge in [-0.15, -0.1) is 0 Å². The molecule has 0 saturated heterocycles. The zero-order valence-electron chi connectivity index (χ0n) is 6.40. The van der Waals surface area contributed by atoms with Crippen LogP contribution in [-0.4, -0.2) is 8.42 Å². The molecule has 1 aromatic rings. The molecule has 0 atom stereocenters. The number of nitrogen functional groups attached to an aromatic ring is 1. The molecule has 0 aliphatic rings. The van der Waals surface area contributed by atoms with Gasteiger partial charge >= 0.3 is 0 Å². The molecule has 0 aromatic heterocycles. The fraction of sp³-hybridized carbons (Fsp3) is 0. The Hall–Kier alpha value is -1.29. The molecule has 0 aliphatic carbocycles. The third-order valence-corrected chi connectivity index (χ3v) is 2.76. The van der Waals surface area contributed by atoms with Crippen molar-refractivity contribution in [1.82, 2.24) is 0 Å². The van der Waals surface area contributed by atoms with Crippen molar-refractivity contribution in [1.29, 1.82) is 0 Å². The molecule has 1 rings (SSSR count). The first-order chi connectivity index (χ1) is 5.56. The van der Waals surface area contributed by atoms with Gasteiger partial charge in [0.25, 0.3) is 0 Å². The molecular weight excluding hydrogens is 174 g/mol. The van der Waals surface area contributed by atoms with Crippen LogP contribution in [-0.2, 0) is 9.84 Å². The summed E-state index contributed by atoms with van der Waals surface area (Å²) in [5.41, 5.74) is 5.84. The van der Waals surface area contributed by atoms with E-state index in [2.05, 4.69) is 6.58 Å². The molecule has 3 nitrogen and oxygen atoms in total. The van der Waals surface area contributed by atoms with E-state index in [0.717, 1.165) is 5.41 Å². The second-order valence-electron chi connectivity index (χ2n) is 2.28. The second kappa shape index (κ2) is 2.98. The van der Waals surface area contributed by atoms with Crippen molar-refractivity contribution in [2.45, 2.75) is 4.90 Å². The van der Waals surface area contributed by atoms with Gasteiger partial charge in [0.1, 0.15) is 0 Å². The highest BCUT2D eigenvalue weighted by atomic mass is 32.2. The number of hydrogen-bond donors (Lipinski definition) is 1. The Labute approximate surface area is 71.4 Å². The first-order valence-electron chi connectivity index (χ1n) is 3.29. The van der Waals surface area contributed by atoms with Gasteiger partial charge in [0.05, 0.1) is 4.90 Å². The van der Waals surface area contributed by atoms with Crippen LogP contribution in [0.1, 0.15) is 0 Å². The van der Waals surface area contributed by atoms with Crippen LogP contribution >= 0.6 is 0 Å². The van der Waals surface area contributed by atoms with Crippen LogP contribution in [0.15, 0.2) is 41.1 Å². The van der Waals surface area contributed by atoms with Crippen molar-refractivity contribution in [3.8, 4) is 0 Å². The number of hydrogen-bond acceptors (Lipinski definition) is 3. The van der Waals surface area contributed by atoms with Crippen molar-refractivity contribution >= 4 is 15.5 Å². The van der Waals surface area contributed by atoms with Crippen molar-refractivity contribution in [3.05, 3.63) is 36.3 Å². The fourth-order valence-electron chi connectivity index (χ4n) is 0.788. The second-order valence-corrected chi connectivity index (χ2v) is 4.18. The Morgan fingerprint density at radius 2 is 2.08 bits per heavy atom. The molecular formula is C8H9NO2S. The molecule has 1 aromatic carbocycles. The van der Waals surface area contributed by atoms with E-state index in [0.29, 0.717) is 5.69 Å². The number of anilines is 1. The predicted molar refractivity (Wildman–Crippen MR) is 48.2 cm³/mol. The van der Waals surface area contributed by atoms with Crippen molar-refractivity contribution in [2.24, 2.45) is 0 Å². The van der Waals surface area contributed by atoms with E-state index in [1.807, 2.05) is 0 Å². The van der Waals surface area contributed by atoms with Gasteiger partial charge in [-0.2, -0.15) is 0 Å². The monoisotopic (exact) mass is 183 g/mol. The molecule has 0 aliphatic heterocycles. The maximum atomic E-state index is 11.2. The van der Waals surface area contributed by atoms with Crippen LogP contribution in [0.25, 0.3) is 0 Å². The van der Waals surface area contributed by atoms with E-state index in [1.54, 1.807) is 12.1 Å². The summed E-state index contributed by atoms with van der Waals surface area (Å²) in [6, 6.07) is 6.10. The van der Waals surface area contributed by atoms with Crippen LogP contribution in [0.2, 0.25) is 0 Å². The first kappa shape index (κ1) is 8.80. The molecule has 0 fully saturated rings. The van der Waals surface area contributed by atoms with Gasteiger partial charge < -0.3 is 5.73 Å². The lowest BCUT2D eigenvalue weighted by Gasteiger charge is -1.98. The highest BCUT2D eigenvalue weighted by Gasteiger charge is 2.08. The van der Waals surface area contributed by atoms with Gasteiger partial charge in [-0.1, -0.05) is 12.6 Å². The largest absolute Gasteiger partial charge is 0.399 e. The summed E-state index contributed by atoms with van der Waals surface area (Å²) in [6.07, 6.45) is 0. The van der Waals surface area contributed by atoms with Gasteiger partial charge in [0.15, 0.2) is 9.84 Å². The quantitative estimate of drug-likeness (QED) is 0.700. The summed E-state index contributed by atoms with van der Waals surface area (Å²) < 4.78 is 22.4. The first-order valence-corrected chi connectivity index (χ1v) is 4.84. The third-order valence-electron chi connectivity index (χ3n) is 1.41. The molecule has 2 N–H and O–H groups in total. The molecule has 0 heterocycles. The molecule has 0 amide bonds. The van der Waals surface area contributed by atoms with Crippen LogP contribution < -0.4 is 5.73 Å². The van der Waals surface area contributed by atoms with Gasteiger partial charge in [-0.05, 0) is 18.2 Å². The Balaban J connectivity index is 3.30.